The van der Waals surface area contributed by atoms with E-state index in [0.29, 0.717) is 28.9 Å². The first kappa shape index (κ1) is 12.9. The monoisotopic (exact) mass is 312 g/mol. The van der Waals surface area contributed by atoms with Crippen molar-refractivity contribution < 1.29 is 4.52 Å². The van der Waals surface area contributed by atoms with Gasteiger partial charge in [-0.15, -0.1) is 0 Å². The molecule has 0 aliphatic carbocycles. The number of nitrogens with zero attached hydrogens (tertiary/aromatic N) is 5. The van der Waals surface area contributed by atoms with Crippen LogP contribution in [0.25, 0.3) is 22.6 Å². The van der Waals surface area contributed by atoms with Crippen molar-refractivity contribution >= 4 is 22.6 Å². The predicted octanol–water partition coefficient (Wildman–Crippen LogP) is 2.65. The molecule has 4 heterocycles. The Morgan fingerprint density at radius 3 is 3.14 bits per heavy atom. The second kappa shape index (κ2) is 5.19. The van der Waals surface area contributed by atoms with E-state index >= 15 is 0 Å². The molecule has 0 aliphatic heterocycles. The molecule has 0 unspecified atom stereocenters. The number of pyridine rings is 1. The van der Waals surface area contributed by atoms with Crippen molar-refractivity contribution in [2.75, 3.05) is 0 Å². The van der Waals surface area contributed by atoms with E-state index < -0.39 is 0 Å². The molecule has 0 spiro atoms. The Morgan fingerprint density at radius 1 is 1.27 bits per heavy atom. The lowest BCUT2D eigenvalue weighted by Gasteiger charge is -1.94. The van der Waals surface area contributed by atoms with E-state index in [2.05, 4.69) is 30.1 Å². The summed E-state index contributed by atoms with van der Waals surface area (Å²) in [5, 5.41) is 5.33. The second-order valence-corrected chi connectivity index (χ2v) is 5.03. The van der Waals surface area contributed by atoms with Gasteiger partial charge in [-0.05, 0) is 17.7 Å². The molecular weight excluding hydrogens is 304 g/mol. The zero-order valence-electron chi connectivity index (χ0n) is 11.2. The van der Waals surface area contributed by atoms with Gasteiger partial charge < -0.3 is 9.51 Å². The van der Waals surface area contributed by atoms with Gasteiger partial charge in [-0.2, -0.15) is 4.98 Å². The fraction of sp³-hybridized carbons (Fsp3) is 0.0714. The highest BCUT2D eigenvalue weighted by Gasteiger charge is 2.15. The van der Waals surface area contributed by atoms with Gasteiger partial charge in [-0.25, -0.2) is 15.0 Å². The van der Waals surface area contributed by atoms with E-state index in [1.165, 1.54) is 12.5 Å². The zero-order chi connectivity index (χ0) is 14.9. The maximum absolute atomic E-state index is 6.03. The molecule has 4 aromatic rings. The first-order valence-corrected chi connectivity index (χ1v) is 6.88. The minimum Gasteiger partial charge on any atom is -0.346 e. The lowest BCUT2D eigenvalue weighted by atomic mass is 10.1. The van der Waals surface area contributed by atoms with Gasteiger partial charge in [0.1, 0.15) is 17.7 Å². The Balaban J connectivity index is 1.66. The van der Waals surface area contributed by atoms with Crippen LogP contribution in [0.3, 0.4) is 0 Å². The summed E-state index contributed by atoms with van der Waals surface area (Å²) in [6.45, 7) is 0. The lowest BCUT2D eigenvalue weighted by molar-refractivity contribution is 0.386. The molecule has 108 valence electrons. The molecule has 4 aromatic heterocycles. The Morgan fingerprint density at radius 2 is 2.23 bits per heavy atom. The van der Waals surface area contributed by atoms with Crippen LogP contribution in [-0.2, 0) is 6.42 Å². The van der Waals surface area contributed by atoms with E-state index in [9.17, 15) is 0 Å². The van der Waals surface area contributed by atoms with Crippen LogP contribution in [0.2, 0.25) is 5.02 Å². The van der Waals surface area contributed by atoms with Crippen LogP contribution in [0.15, 0.2) is 41.6 Å². The van der Waals surface area contributed by atoms with Crippen molar-refractivity contribution in [3.63, 3.8) is 0 Å². The molecule has 1 N–H and O–H groups in total. The first-order valence-electron chi connectivity index (χ1n) is 6.50. The molecule has 0 saturated carbocycles. The molecule has 0 atom stereocenters. The molecule has 22 heavy (non-hydrogen) atoms. The number of hydrogen-bond donors (Lipinski definition) is 1. The van der Waals surface area contributed by atoms with Gasteiger partial charge in [0.05, 0.1) is 11.4 Å². The summed E-state index contributed by atoms with van der Waals surface area (Å²) in [6.07, 6.45) is 7.01. The second-order valence-electron chi connectivity index (χ2n) is 4.62. The fourth-order valence-electron chi connectivity index (χ4n) is 2.22. The molecule has 0 aromatic carbocycles. The van der Waals surface area contributed by atoms with Crippen LogP contribution in [0.5, 0.6) is 0 Å². The quantitative estimate of drug-likeness (QED) is 0.625. The highest BCUT2D eigenvalue weighted by Crippen LogP contribution is 2.23. The average Bonchev–Trinajstić information content (AvgIpc) is 3.16. The zero-order valence-corrected chi connectivity index (χ0v) is 11.9. The van der Waals surface area contributed by atoms with Crippen LogP contribution in [0.4, 0.5) is 0 Å². The highest BCUT2D eigenvalue weighted by molar-refractivity contribution is 6.32. The lowest BCUT2D eigenvalue weighted by Crippen LogP contribution is -1.90. The molecule has 4 rings (SSSR count). The van der Waals surface area contributed by atoms with E-state index in [1.54, 1.807) is 6.20 Å². The van der Waals surface area contributed by atoms with E-state index in [-0.39, 0.29) is 0 Å². The number of rotatable bonds is 3. The summed E-state index contributed by atoms with van der Waals surface area (Å²) in [6, 6.07) is 3.88. The van der Waals surface area contributed by atoms with Crippen molar-refractivity contribution in [2.24, 2.45) is 0 Å². The molecule has 0 fully saturated rings. The van der Waals surface area contributed by atoms with Gasteiger partial charge in [0.25, 0.3) is 0 Å². The van der Waals surface area contributed by atoms with Gasteiger partial charge >= 0.3 is 0 Å². The SMILES string of the molecule is Clc1cncnc1-c1noc(Cc2c[nH]c3ncccc23)n1. The first-order chi connectivity index (χ1) is 10.8. The van der Waals surface area contributed by atoms with Crippen molar-refractivity contribution in [1.82, 2.24) is 30.1 Å². The van der Waals surface area contributed by atoms with Crippen molar-refractivity contribution in [3.05, 3.63) is 53.5 Å². The predicted molar refractivity (Wildman–Crippen MR) is 79.2 cm³/mol. The number of nitrogens with one attached hydrogen (secondary N) is 1. The third-order valence-corrected chi connectivity index (χ3v) is 3.50. The molecule has 0 amide bonds. The molecule has 0 radical (unpaired) electrons. The van der Waals surface area contributed by atoms with Crippen LogP contribution in [0.1, 0.15) is 11.5 Å². The third kappa shape index (κ3) is 2.21. The molecule has 0 aliphatic rings. The number of fused-ring (bicyclic) bond motifs is 1. The number of H-pyrrole nitrogens is 1. The molecule has 8 heteroatoms. The van der Waals surface area contributed by atoms with E-state index in [1.807, 2.05) is 18.3 Å². The van der Waals surface area contributed by atoms with Gasteiger partial charge in [0.2, 0.25) is 11.7 Å². The van der Waals surface area contributed by atoms with E-state index in [0.717, 1.165) is 16.6 Å². The molecule has 0 saturated heterocycles. The number of aromatic amines is 1. The van der Waals surface area contributed by atoms with Crippen molar-refractivity contribution in [1.29, 1.82) is 0 Å². The Bertz CT molecular complexity index is 947. The minimum absolute atomic E-state index is 0.348. The van der Waals surface area contributed by atoms with Gasteiger partial charge in [0.15, 0.2) is 0 Å². The largest absolute Gasteiger partial charge is 0.346 e. The summed E-state index contributed by atoms with van der Waals surface area (Å²) in [5.41, 5.74) is 2.32. The number of hydrogen-bond acceptors (Lipinski definition) is 6. The summed E-state index contributed by atoms with van der Waals surface area (Å²) >= 11 is 6.03. The third-order valence-electron chi connectivity index (χ3n) is 3.23. The van der Waals surface area contributed by atoms with Crippen LogP contribution < -0.4 is 0 Å². The van der Waals surface area contributed by atoms with Gasteiger partial charge in [-0.1, -0.05) is 16.8 Å². The Kier molecular flexibility index (Phi) is 3.05. The summed E-state index contributed by atoms with van der Waals surface area (Å²) in [7, 11) is 0. The van der Waals surface area contributed by atoms with Crippen molar-refractivity contribution in [2.45, 2.75) is 6.42 Å². The van der Waals surface area contributed by atoms with Crippen LogP contribution in [0, 0.1) is 0 Å². The maximum atomic E-state index is 6.03. The summed E-state index contributed by atoms with van der Waals surface area (Å²) in [4.78, 5) is 19.6. The average molecular weight is 313 g/mol. The van der Waals surface area contributed by atoms with Gasteiger partial charge in [-0.3, -0.25) is 0 Å². The smallest absolute Gasteiger partial charge is 0.231 e. The fourth-order valence-corrected chi connectivity index (χ4v) is 2.41. The molecular formula is C14H9ClN6O. The summed E-state index contributed by atoms with van der Waals surface area (Å²) in [5.74, 6) is 0.829. The maximum Gasteiger partial charge on any atom is 0.231 e. The molecule has 7 nitrogen and oxygen atoms in total. The highest BCUT2D eigenvalue weighted by atomic mass is 35.5. The molecule has 0 bridgehead atoms. The Hall–Kier alpha value is -2.80. The standard InChI is InChI=1S/C14H9ClN6O/c15-10-6-16-7-19-12(10)14-20-11(22-21-14)4-8-5-18-13-9(8)2-1-3-17-13/h1-3,5-7H,4H2,(H,17,18). The van der Waals surface area contributed by atoms with Crippen LogP contribution in [-0.4, -0.2) is 30.1 Å². The van der Waals surface area contributed by atoms with Crippen molar-refractivity contribution in [3.8, 4) is 11.5 Å². The van der Waals surface area contributed by atoms with Crippen LogP contribution >= 0.6 is 11.6 Å². The number of aromatic nitrogens is 6. The number of halogens is 1. The normalized spacial score (nSPS) is 11.1. The van der Waals surface area contributed by atoms with E-state index in [4.69, 9.17) is 16.1 Å². The Labute approximate surface area is 129 Å². The minimum atomic E-state index is 0.348. The van der Waals surface area contributed by atoms with Gasteiger partial charge in [0, 0.05) is 24.0 Å². The topological polar surface area (TPSA) is 93.4 Å². The summed E-state index contributed by atoms with van der Waals surface area (Å²) < 4.78 is 5.28.